The molecule has 0 aromatic heterocycles. The number of quaternary nitrogens is 1. The molecule has 0 fully saturated rings. The van der Waals surface area contributed by atoms with Gasteiger partial charge < -0.3 is 24.0 Å². The number of phosphoric acid groups is 1. The van der Waals surface area contributed by atoms with E-state index in [9.17, 15) is 24.2 Å². The molecular weight excluding hydrogens is 766 g/mol. The average Bonchev–Trinajstić information content (AvgIpc) is 3.18. The van der Waals surface area contributed by atoms with Crippen LogP contribution in [0.1, 0.15) is 123 Å². The van der Waals surface area contributed by atoms with E-state index < -0.39 is 32.5 Å². The molecule has 11 heteroatoms. The summed E-state index contributed by atoms with van der Waals surface area (Å²) < 4.78 is 34.1. The number of hydrogen-bond acceptors (Lipinski definition) is 8. The number of rotatable bonds is 37. The van der Waals surface area contributed by atoms with Gasteiger partial charge in [-0.05, 0) is 83.5 Å². The highest BCUT2D eigenvalue weighted by Crippen LogP contribution is 2.43. The smallest absolute Gasteiger partial charge is 0.462 e. The standard InChI is InChI=1S/C48H78NO9P/c1-6-8-10-11-12-13-14-15-16-17-18-19-24-27-30-33-36-40-48(52)58-46(44-57-59(53,54)56-42-41-49(3,4)5)43-55-47(51)39-35-32-29-26-23-21-20-22-25-28-31-34-38-45(50)37-9-7-2/h8,10,12-13,15-16,18-21,25-30,34,38,45-46,50H,6-7,9,11,14,17,22-24,31-33,35-37,39-44H2,1-5H3/p+1/b10-8-,13-12-,16-15-,19-18-,21-20-,28-25-,29-26-,30-27-,38-34-/t45-,46+/m0/s1. The summed E-state index contributed by atoms with van der Waals surface area (Å²) in [7, 11) is 1.37. The number of unbranched alkanes of at least 4 members (excludes halogenated alkanes) is 3. The van der Waals surface area contributed by atoms with Crippen LogP contribution in [0.2, 0.25) is 0 Å². The third-order valence-corrected chi connectivity index (χ3v) is 9.34. The monoisotopic (exact) mass is 845 g/mol. The number of aliphatic hydroxyl groups is 1. The minimum absolute atomic E-state index is 0.000999. The third-order valence-electron chi connectivity index (χ3n) is 8.36. The number of nitrogens with zero attached hydrogens (tertiary/aromatic N) is 1. The Morgan fingerprint density at radius 1 is 0.610 bits per heavy atom. The molecule has 0 aromatic rings. The second kappa shape index (κ2) is 38.8. The first kappa shape index (κ1) is 55.6. The van der Waals surface area contributed by atoms with Crippen molar-refractivity contribution in [3.05, 3.63) is 109 Å². The van der Waals surface area contributed by atoms with Crippen LogP contribution in [-0.4, -0.2) is 86.1 Å². The third kappa shape index (κ3) is 42.6. The van der Waals surface area contributed by atoms with E-state index in [1.807, 2.05) is 45.4 Å². The Labute approximate surface area is 358 Å². The molecule has 0 saturated carbocycles. The molecule has 0 amide bonds. The van der Waals surface area contributed by atoms with Gasteiger partial charge >= 0.3 is 19.8 Å². The highest BCUT2D eigenvalue weighted by molar-refractivity contribution is 7.47. The van der Waals surface area contributed by atoms with Crippen molar-refractivity contribution >= 4 is 19.8 Å². The van der Waals surface area contributed by atoms with E-state index in [0.29, 0.717) is 36.7 Å². The highest BCUT2D eigenvalue weighted by atomic mass is 31.2. The fourth-order valence-electron chi connectivity index (χ4n) is 4.94. The van der Waals surface area contributed by atoms with Crippen LogP contribution < -0.4 is 0 Å². The molecule has 0 saturated heterocycles. The Balaban J connectivity index is 4.61. The molecule has 2 N–H and O–H groups in total. The van der Waals surface area contributed by atoms with Crippen LogP contribution in [0.15, 0.2) is 109 Å². The summed E-state index contributed by atoms with van der Waals surface area (Å²) in [5.41, 5.74) is 0. The first-order valence-corrected chi connectivity index (χ1v) is 23.2. The van der Waals surface area contributed by atoms with Gasteiger partial charge in [-0.25, -0.2) is 4.57 Å². The molecule has 0 rings (SSSR count). The van der Waals surface area contributed by atoms with Gasteiger partial charge in [-0.1, -0.05) is 136 Å². The zero-order chi connectivity index (χ0) is 43.7. The molecule has 59 heavy (non-hydrogen) atoms. The summed E-state index contributed by atoms with van der Waals surface area (Å²) >= 11 is 0. The van der Waals surface area contributed by atoms with Crippen LogP contribution in [0.4, 0.5) is 0 Å². The van der Waals surface area contributed by atoms with Crippen molar-refractivity contribution in [1.29, 1.82) is 0 Å². The summed E-state index contributed by atoms with van der Waals surface area (Å²) in [5, 5.41) is 9.82. The second-order valence-electron chi connectivity index (χ2n) is 15.2. The van der Waals surface area contributed by atoms with E-state index in [2.05, 4.69) is 98.9 Å². The average molecular weight is 845 g/mol. The second-order valence-corrected chi connectivity index (χ2v) is 16.6. The van der Waals surface area contributed by atoms with E-state index in [4.69, 9.17) is 18.5 Å². The fraction of sp³-hybridized carbons (Fsp3) is 0.583. The number of ether oxygens (including phenoxy) is 2. The maximum absolute atomic E-state index is 12.7. The van der Waals surface area contributed by atoms with Crippen molar-refractivity contribution in [1.82, 2.24) is 0 Å². The SMILES string of the molecule is CC/C=C\C/C=C\C/C=C\C/C=C\C/C=C\CCCC(=O)O[C@H](COC(=O)CCC/C=C\C/C=C\C/C=C\C/C=C\[C@@H](O)CCCC)COP(=O)(O)OCC[N+](C)(C)C. The normalized spacial score (nSPS) is 15.2. The van der Waals surface area contributed by atoms with E-state index in [1.165, 1.54) is 0 Å². The Morgan fingerprint density at radius 3 is 1.54 bits per heavy atom. The quantitative estimate of drug-likeness (QED) is 0.0206. The molecule has 10 nitrogen and oxygen atoms in total. The Morgan fingerprint density at radius 2 is 1.07 bits per heavy atom. The number of hydrogen-bond donors (Lipinski definition) is 2. The molecule has 1 unspecified atom stereocenters. The lowest BCUT2D eigenvalue weighted by molar-refractivity contribution is -0.870. The molecule has 3 atom stereocenters. The van der Waals surface area contributed by atoms with Crippen LogP contribution >= 0.6 is 7.82 Å². The van der Waals surface area contributed by atoms with Gasteiger partial charge in [0.2, 0.25) is 0 Å². The van der Waals surface area contributed by atoms with E-state index in [0.717, 1.165) is 70.6 Å². The molecule has 0 aliphatic heterocycles. The van der Waals surface area contributed by atoms with E-state index in [1.54, 1.807) is 0 Å². The van der Waals surface area contributed by atoms with Crippen molar-refractivity contribution in [2.75, 3.05) is 47.5 Å². The lowest BCUT2D eigenvalue weighted by Crippen LogP contribution is -2.37. The van der Waals surface area contributed by atoms with Gasteiger partial charge in [-0.3, -0.25) is 18.6 Å². The van der Waals surface area contributed by atoms with Crippen LogP contribution in [0, 0.1) is 0 Å². The molecule has 0 bridgehead atoms. The molecule has 0 aromatic carbocycles. The van der Waals surface area contributed by atoms with Crippen molar-refractivity contribution in [3.8, 4) is 0 Å². The lowest BCUT2D eigenvalue weighted by Gasteiger charge is -2.24. The fourth-order valence-corrected chi connectivity index (χ4v) is 5.68. The number of aliphatic hydroxyl groups excluding tert-OH is 1. The van der Waals surface area contributed by atoms with Gasteiger partial charge in [-0.2, -0.15) is 0 Å². The van der Waals surface area contributed by atoms with Gasteiger partial charge in [-0.15, -0.1) is 0 Å². The Hall–Kier alpha value is -3.37. The zero-order valence-electron chi connectivity index (χ0n) is 37.0. The molecule has 334 valence electrons. The molecule has 0 aliphatic rings. The molecule has 0 radical (unpaired) electrons. The largest absolute Gasteiger partial charge is 0.472 e. The van der Waals surface area contributed by atoms with Crippen LogP contribution in [0.5, 0.6) is 0 Å². The number of allylic oxidation sites excluding steroid dienone is 17. The van der Waals surface area contributed by atoms with Crippen LogP contribution in [0.25, 0.3) is 0 Å². The summed E-state index contributed by atoms with van der Waals surface area (Å²) in [4.78, 5) is 35.3. The number of phosphoric ester groups is 1. The van der Waals surface area contributed by atoms with Crippen molar-refractivity contribution < 1.29 is 47.2 Å². The predicted octanol–water partition coefficient (Wildman–Crippen LogP) is 11.3. The zero-order valence-corrected chi connectivity index (χ0v) is 37.9. The van der Waals surface area contributed by atoms with Crippen molar-refractivity contribution in [2.45, 2.75) is 135 Å². The Kier molecular flexibility index (Phi) is 36.6. The minimum atomic E-state index is -4.42. The number of esters is 2. The van der Waals surface area contributed by atoms with Gasteiger partial charge in [0.15, 0.2) is 6.10 Å². The van der Waals surface area contributed by atoms with Gasteiger partial charge in [0.25, 0.3) is 0 Å². The predicted molar refractivity (Wildman–Crippen MR) is 244 cm³/mol. The van der Waals surface area contributed by atoms with Gasteiger partial charge in [0.05, 0.1) is 33.9 Å². The molecule has 0 aliphatic carbocycles. The van der Waals surface area contributed by atoms with Crippen LogP contribution in [-0.2, 0) is 32.7 Å². The van der Waals surface area contributed by atoms with Crippen molar-refractivity contribution in [2.24, 2.45) is 0 Å². The number of carbonyl (C=O) groups is 2. The van der Waals surface area contributed by atoms with Crippen LogP contribution in [0.3, 0.4) is 0 Å². The molecule has 0 heterocycles. The van der Waals surface area contributed by atoms with Gasteiger partial charge in [0.1, 0.15) is 19.8 Å². The Bertz CT molecular complexity index is 1380. The van der Waals surface area contributed by atoms with E-state index in [-0.39, 0.29) is 32.2 Å². The first-order valence-electron chi connectivity index (χ1n) is 21.7. The number of likely N-dealkylation sites (N-methyl/N-ethyl adjacent to an activating group) is 1. The van der Waals surface area contributed by atoms with Crippen molar-refractivity contribution in [3.63, 3.8) is 0 Å². The molecule has 0 spiro atoms. The topological polar surface area (TPSA) is 129 Å². The first-order chi connectivity index (χ1) is 28.4. The summed E-state index contributed by atoms with van der Waals surface area (Å²) in [5.74, 6) is -0.969. The minimum Gasteiger partial charge on any atom is -0.462 e. The molecular formula is C48H79NO9P+. The van der Waals surface area contributed by atoms with E-state index >= 15 is 0 Å². The number of carbonyl (C=O) groups excluding carboxylic acids is 2. The summed E-state index contributed by atoms with van der Waals surface area (Å²) in [6.07, 6.45) is 49.2. The lowest BCUT2D eigenvalue weighted by atomic mass is 10.1. The maximum atomic E-state index is 12.7. The summed E-state index contributed by atoms with van der Waals surface area (Å²) in [6.45, 7) is 3.97. The maximum Gasteiger partial charge on any atom is 0.472 e. The van der Waals surface area contributed by atoms with Gasteiger partial charge in [0, 0.05) is 12.8 Å². The summed E-state index contributed by atoms with van der Waals surface area (Å²) in [6, 6.07) is 0. The highest BCUT2D eigenvalue weighted by Gasteiger charge is 2.27.